The highest BCUT2D eigenvalue weighted by Gasteiger charge is 2.31. The Balaban J connectivity index is 1.40. The summed E-state index contributed by atoms with van der Waals surface area (Å²) in [5, 5.41) is 7.82. The summed E-state index contributed by atoms with van der Waals surface area (Å²) in [5.41, 5.74) is 0.470. The minimum atomic E-state index is -4.57. The van der Waals surface area contributed by atoms with E-state index in [4.69, 9.17) is 11.6 Å². The van der Waals surface area contributed by atoms with Crippen molar-refractivity contribution in [3.63, 3.8) is 0 Å². The molecule has 0 radical (unpaired) electrons. The monoisotopic (exact) mass is 687 g/mol. The first kappa shape index (κ1) is 31.9. The van der Waals surface area contributed by atoms with E-state index in [2.05, 4.69) is 31.9 Å². The number of nitrogens with one attached hydrogen (secondary N) is 3. The van der Waals surface area contributed by atoms with Gasteiger partial charge in [0.1, 0.15) is 5.70 Å². The summed E-state index contributed by atoms with van der Waals surface area (Å²) in [6.07, 6.45) is -3.01. The number of amides is 3. The number of anilines is 2. The molecular formula is C31H22BrClF3N3O3S. The van der Waals surface area contributed by atoms with Gasteiger partial charge in [0, 0.05) is 20.6 Å². The molecule has 0 saturated heterocycles. The molecule has 0 heterocycles. The molecule has 4 aromatic rings. The summed E-state index contributed by atoms with van der Waals surface area (Å²) in [6.45, 7) is 0. The van der Waals surface area contributed by atoms with E-state index in [0.29, 0.717) is 21.7 Å². The second-order valence-corrected chi connectivity index (χ2v) is 11.3. The van der Waals surface area contributed by atoms with Gasteiger partial charge >= 0.3 is 6.18 Å². The lowest BCUT2D eigenvalue weighted by atomic mass is 10.1. The smallest absolute Gasteiger partial charge is 0.324 e. The van der Waals surface area contributed by atoms with Crippen molar-refractivity contribution in [1.82, 2.24) is 5.32 Å². The van der Waals surface area contributed by atoms with Gasteiger partial charge in [0.25, 0.3) is 11.8 Å². The quantitative estimate of drug-likeness (QED) is 0.122. The third kappa shape index (κ3) is 9.47. The Morgan fingerprint density at radius 2 is 1.58 bits per heavy atom. The predicted octanol–water partition coefficient (Wildman–Crippen LogP) is 8.26. The molecule has 4 aromatic carbocycles. The minimum absolute atomic E-state index is 0.0141. The molecule has 0 aliphatic rings. The Morgan fingerprint density at radius 3 is 2.26 bits per heavy atom. The molecule has 3 amide bonds. The number of hydrogen-bond acceptors (Lipinski definition) is 4. The second kappa shape index (κ2) is 14.4. The maximum atomic E-state index is 13.2. The van der Waals surface area contributed by atoms with E-state index >= 15 is 0 Å². The topological polar surface area (TPSA) is 87.3 Å². The maximum absolute atomic E-state index is 13.2. The van der Waals surface area contributed by atoms with Crippen LogP contribution in [0.2, 0.25) is 5.02 Å². The van der Waals surface area contributed by atoms with Crippen LogP contribution in [-0.2, 0) is 15.8 Å². The first-order valence-electron chi connectivity index (χ1n) is 12.5. The largest absolute Gasteiger partial charge is 0.416 e. The second-order valence-electron chi connectivity index (χ2n) is 8.94. The van der Waals surface area contributed by atoms with Crippen molar-refractivity contribution in [2.24, 2.45) is 0 Å². The van der Waals surface area contributed by atoms with E-state index in [1.54, 1.807) is 78.9 Å². The van der Waals surface area contributed by atoms with Gasteiger partial charge in [0.15, 0.2) is 0 Å². The number of halogens is 5. The zero-order valence-corrected chi connectivity index (χ0v) is 25.2. The third-order valence-corrected chi connectivity index (χ3v) is 7.57. The molecule has 4 rings (SSSR count). The number of benzene rings is 4. The highest BCUT2D eigenvalue weighted by atomic mass is 79.9. The Bertz CT molecular complexity index is 1670. The molecule has 12 heteroatoms. The lowest BCUT2D eigenvalue weighted by molar-refractivity contribution is -0.137. The summed E-state index contributed by atoms with van der Waals surface area (Å²) in [6, 6.07) is 25.0. The van der Waals surface area contributed by atoms with Crippen molar-refractivity contribution >= 4 is 74.5 Å². The van der Waals surface area contributed by atoms with Crippen molar-refractivity contribution in [3.05, 3.63) is 129 Å². The minimum Gasteiger partial charge on any atom is -0.324 e. The van der Waals surface area contributed by atoms with E-state index < -0.39 is 29.5 Å². The van der Waals surface area contributed by atoms with Crippen LogP contribution < -0.4 is 16.0 Å². The zero-order chi connectivity index (χ0) is 31.0. The van der Waals surface area contributed by atoms with E-state index in [1.165, 1.54) is 0 Å². The predicted molar refractivity (Wildman–Crippen MR) is 167 cm³/mol. The molecule has 0 aromatic heterocycles. The highest BCUT2D eigenvalue weighted by molar-refractivity contribution is 9.10. The van der Waals surface area contributed by atoms with Crippen LogP contribution in [0.1, 0.15) is 21.5 Å². The molecule has 43 heavy (non-hydrogen) atoms. The number of alkyl halides is 3. The van der Waals surface area contributed by atoms with E-state index in [-0.39, 0.29) is 22.2 Å². The Hall–Kier alpha value is -4.06. The molecule has 3 N–H and O–H groups in total. The fourth-order valence-electron chi connectivity index (χ4n) is 3.67. The molecule has 0 saturated carbocycles. The van der Waals surface area contributed by atoms with Gasteiger partial charge in [-0.15, -0.1) is 11.8 Å². The number of carbonyl (C=O) groups excluding carboxylic acids is 3. The van der Waals surface area contributed by atoms with Crippen LogP contribution >= 0.6 is 39.3 Å². The van der Waals surface area contributed by atoms with Crippen LogP contribution in [0, 0.1) is 0 Å². The molecule has 0 aliphatic carbocycles. The van der Waals surface area contributed by atoms with Gasteiger partial charge in [-0.1, -0.05) is 57.9 Å². The normalized spacial score (nSPS) is 11.5. The summed E-state index contributed by atoms with van der Waals surface area (Å²) in [7, 11) is 0. The van der Waals surface area contributed by atoms with Gasteiger partial charge in [-0.3, -0.25) is 14.4 Å². The molecule has 0 atom stereocenters. The average molecular weight is 689 g/mol. The molecule has 0 bridgehead atoms. The highest BCUT2D eigenvalue weighted by Crippen LogP contribution is 2.34. The number of rotatable bonds is 9. The summed E-state index contributed by atoms with van der Waals surface area (Å²) >= 11 is 10.5. The lowest BCUT2D eigenvalue weighted by Gasteiger charge is -2.12. The first-order chi connectivity index (χ1) is 20.5. The fraction of sp³-hybridized carbons (Fsp3) is 0.0645. The van der Waals surface area contributed by atoms with E-state index in [9.17, 15) is 27.6 Å². The van der Waals surface area contributed by atoms with E-state index in [0.717, 1.165) is 34.4 Å². The van der Waals surface area contributed by atoms with Crippen molar-refractivity contribution in [2.75, 3.05) is 16.4 Å². The van der Waals surface area contributed by atoms with E-state index in [1.807, 2.05) is 6.07 Å². The Kier molecular flexibility index (Phi) is 10.7. The molecule has 0 unspecified atom stereocenters. The van der Waals surface area contributed by atoms with Gasteiger partial charge in [-0.25, -0.2) is 0 Å². The van der Waals surface area contributed by atoms with Crippen molar-refractivity contribution in [2.45, 2.75) is 11.1 Å². The van der Waals surface area contributed by atoms with Crippen LogP contribution in [0.25, 0.3) is 6.08 Å². The van der Waals surface area contributed by atoms with Gasteiger partial charge in [0.05, 0.1) is 22.0 Å². The average Bonchev–Trinajstić information content (AvgIpc) is 2.97. The van der Waals surface area contributed by atoms with Crippen molar-refractivity contribution < 1.29 is 27.6 Å². The molecule has 0 fully saturated rings. The maximum Gasteiger partial charge on any atom is 0.416 e. The lowest BCUT2D eigenvalue weighted by Crippen LogP contribution is -2.30. The molecule has 6 nitrogen and oxygen atoms in total. The summed E-state index contributed by atoms with van der Waals surface area (Å²) in [5.74, 6) is -1.64. The number of hydrogen-bond donors (Lipinski definition) is 3. The molecular weight excluding hydrogens is 667 g/mol. The van der Waals surface area contributed by atoms with Crippen LogP contribution in [0.15, 0.2) is 112 Å². The number of thioether (sulfide) groups is 1. The van der Waals surface area contributed by atoms with Gasteiger partial charge in [-0.05, 0) is 78.4 Å². The Morgan fingerprint density at radius 1 is 0.860 bits per heavy atom. The van der Waals surface area contributed by atoms with Crippen LogP contribution in [0.3, 0.4) is 0 Å². The fourth-order valence-corrected chi connectivity index (χ4v) is 4.95. The van der Waals surface area contributed by atoms with Crippen molar-refractivity contribution in [1.29, 1.82) is 0 Å². The zero-order valence-electron chi connectivity index (χ0n) is 22.0. The van der Waals surface area contributed by atoms with Gasteiger partial charge < -0.3 is 16.0 Å². The molecule has 0 aliphatic heterocycles. The van der Waals surface area contributed by atoms with Crippen molar-refractivity contribution in [3.8, 4) is 0 Å². The van der Waals surface area contributed by atoms with Crippen LogP contribution in [0.4, 0.5) is 24.5 Å². The Labute approximate surface area is 262 Å². The number of carbonyl (C=O) groups is 3. The molecule has 220 valence electrons. The SMILES string of the molecule is O=C(CSc1ccc(NC(=O)/C(=C/c2cccc(Br)c2)NC(=O)c2ccccc2)cc1)Nc1cc(C(F)(F)F)ccc1Cl. The van der Waals surface area contributed by atoms with Gasteiger partial charge in [0.2, 0.25) is 5.91 Å². The summed E-state index contributed by atoms with van der Waals surface area (Å²) < 4.78 is 39.8. The third-order valence-electron chi connectivity index (χ3n) is 5.74. The standard InChI is InChI=1S/C31H22BrClF3N3O3S/c32-22-8-4-5-19(15-22)16-27(39-29(41)20-6-2-1-3-7-20)30(42)37-23-10-12-24(13-11-23)43-18-28(40)38-26-17-21(31(34,35)36)9-14-25(26)33/h1-17H,18H2,(H,37,42)(H,38,40)(H,39,41)/b27-16-. The van der Waals surface area contributed by atoms with Gasteiger partial charge in [-0.2, -0.15) is 13.2 Å². The summed E-state index contributed by atoms with van der Waals surface area (Å²) in [4.78, 5) is 39.1. The first-order valence-corrected chi connectivity index (χ1v) is 14.7. The van der Waals surface area contributed by atoms with Crippen LogP contribution in [-0.4, -0.2) is 23.5 Å². The van der Waals surface area contributed by atoms with Crippen LogP contribution in [0.5, 0.6) is 0 Å². The molecule has 0 spiro atoms.